The van der Waals surface area contributed by atoms with Gasteiger partial charge in [-0.3, -0.25) is 9.20 Å². The van der Waals surface area contributed by atoms with Crippen LogP contribution in [0.25, 0.3) is 32.2 Å². The van der Waals surface area contributed by atoms with E-state index in [0.717, 1.165) is 50.8 Å². The molecule has 0 fully saturated rings. The molecular formula is C30H31N7OS3. The van der Waals surface area contributed by atoms with Crippen molar-refractivity contribution < 1.29 is 4.21 Å². The molecule has 0 amide bonds. The van der Waals surface area contributed by atoms with Gasteiger partial charge in [0.15, 0.2) is 0 Å². The van der Waals surface area contributed by atoms with Gasteiger partial charge in [0, 0.05) is 48.2 Å². The fourth-order valence-corrected chi connectivity index (χ4v) is 6.66. The molecule has 8 nitrogen and oxygen atoms in total. The molecular weight excluding hydrogens is 571 g/mol. The van der Waals surface area contributed by atoms with E-state index in [2.05, 4.69) is 81.3 Å². The molecule has 0 bridgehead atoms. The molecule has 4 aromatic heterocycles. The first-order chi connectivity index (χ1) is 19.8. The summed E-state index contributed by atoms with van der Waals surface area (Å²) in [6, 6.07) is 2.01. The molecule has 0 aliphatic heterocycles. The van der Waals surface area contributed by atoms with E-state index in [-0.39, 0.29) is 0 Å². The predicted molar refractivity (Wildman–Crippen MR) is 175 cm³/mol. The van der Waals surface area contributed by atoms with Crippen molar-refractivity contribution in [2.75, 3.05) is 18.5 Å². The number of pyridine rings is 1. The highest BCUT2D eigenvalue weighted by atomic mass is 32.2. The molecule has 0 aliphatic carbocycles. The van der Waals surface area contributed by atoms with Gasteiger partial charge in [-0.1, -0.05) is 24.8 Å². The summed E-state index contributed by atoms with van der Waals surface area (Å²) in [6.07, 6.45) is 6.93. The Balaban J connectivity index is 0.000000379. The number of imidazole rings is 1. The maximum atomic E-state index is 12.8. The molecule has 1 atom stereocenters. The zero-order valence-electron chi connectivity index (χ0n) is 23.5. The fraction of sp³-hybridized carbons (Fsp3) is 0.233. The van der Waals surface area contributed by atoms with Gasteiger partial charge in [-0.25, -0.2) is 19.9 Å². The quantitative estimate of drug-likeness (QED) is 0.187. The van der Waals surface area contributed by atoms with Gasteiger partial charge >= 0.3 is 0 Å². The Bertz CT molecular complexity index is 1740. The van der Waals surface area contributed by atoms with Crippen LogP contribution in [0.4, 0.5) is 5.69 Å². The van der Waals surface area contributed by atoms with E-state index in [9.17, 15) is 4.21 Å². The van der Waals surface area contributed by atoms with Gasteiger partial charge in [-0.05, 0) is 56.5 Å². The number of aromatic nitrogens is 4. The van der Waals surface area contributed by atoms with Crippen LogP contribution in [-0.2, 0) is 17.8 Å². The van der Waals surface area contributed by atoms with Crippen LogP contribution in [0.15, 0.2) is 86.0 Å². The average molecular weight is 602 g/mol. The summed E-state index contributed by atoms with van der Waals surface area (Å²) < 4.78 is 15.6. The van der Waals surface area contributed by atoms with Crippen LogP contribution in [-0.4, -0.2) is 49.1 Å². The molecule has 11 heteroatoms. The number of nitrogens with two attached hydrogens (primary N) is 1. The van der Waals surface area contributed by atoms with Crippen molar-refractivity contribution in [3.8, 4) is 22.0 Å². The van der Waals surface area contributed by atoms with Gasteiger partial charge < -0.3 is 10.3 Å². The molecule has 1 unspecified atom stereocenters. The predicted octanol–water partition coefficient (Wildman–Crippen LogP) is 6.70. The first-order valence-electron chi connectivity index (χ1n) is 12.2. The van der Waals surface area contributed by atoms with E-state index in [1.807, 2.05) is 36.2 Å². The lowest BCUT2D eigenvalue weighted by atomic mass is 10.1. The highest BCUT2D eigenvalue weighted by Gasteiger charge is 2.22. The van der Waals surface area contributed by atoms with Crippen molar-refractivity contribution in [3.05, 3.63) is 77.7 Å². The number of fused-ring (bicyclic) bond motifs is 1. The largest absolute Gasteiger partial charge is 0.396 e. The molecule has 4 heterocycles. The number of thiazole rings is 1. The average Bonchev–Trinajstić information content (AvgIpc) is 3.71. The van der Waals surface area contributed by atoms with Crippen LogP contribution >= 0.6 is 22.7 Å². The first-order valence-corrected chi connectivity index (χ1v) is 15.3. The molecule has 0 aromatic carbocycles. The maximum Gasteiger partial charge on any atom is 0.141 e. The van der Waals surface area contributed by atoms with Gasteiger partial charge in [0.25, 0.3) is 0 Å². The number of anilines is 1. The highest BCUT2D eigenvalue weighted by Crippen LogP contribution is 2.43. The molecule has 4 aromatic rings. The minimum Gasteiger partial charge on any atom is -0.396 e. The Morgan fingerprint density at radius 1 is 1.22 bits per heavy atom. The number of rotatable bonds is 7. The summed E-state index contributed by atoms with van der Waals surface area (Å²) in [6.45, 7) is 13.7. The van der Waals surface area contributed by atoms with Gasteiger partial charge in [0.2, 0.25) is 0 Å². The monoisotopic (exact) mass is 601 g/mol. The summed E-state index contributed by atoms with van der Waals surface area (Å²) in [7, 11) is 2.49. The van der Waals surface area contributed by atoms with Gasteiger partial charge in [-0.2, -0.15) is 0 Å². The number of nitrogen functional groups attached to an aromatic ring is 1. The molecule has 0 saturated carbocycles. The summed E-state index contributed by atoms with van der Waals surface area (Å²) >= 11 is 2.97. The van der Waals surface area contributed by atoms with Gasteiger partial charge in [0.05, 0.1) is 34.6 Å². The van der Waals surface area contributed by atoms with Crippen LogP contribution in [0.3, 0.4) is 0 Å². The topological polar surface area (TPSA) is 111 Å². The smallest absolute Gasteiger partial charge is 0.141 e. The van der Waals surface area contributed by atoms with E-state index >= 15 is 0 Å². The second-order valence-electron chi connectivity index (χ2n) is 7.92. The second-order valence-corrected chi connectivity index (χ2v) is 11.6. The molecule has 2 N–H and O–H groups in total. The third kappa shape index (κ3) is 9.09. The number of aliphatic imine (C=N–C) groups is 2. The lowest BCUT2D eigenvalue weighted by Gasteiger charge is -2.08. The summed E-state index contributed by atoms with van der Waals surface area (Å²) in [5.41, 5.74) is 21.8. The third-order valence-electron chi connectivity index (χ3n) is 5.28. The van der Waals surface area contributed by atoms with Crippen LogP contribution < -0.4 is 5.73 Å². The van der Waals surface area contributed by atoms with Gasteiger partial charge in [0.1, 0.15) is 25.6 Å². The van der Waals surface area contributed by atoms with E-state index < -0.39 is 10.8 Å². The Labute approximate surface area is 250 Å². The molecule has 0 saturated heterocycles. The Morgan fingerprint density at radius 3 is 2.46 bits per heavy atom. The summed E-state index contributed by atoms with van der Waals surface area (Å²) in [5.74, 6) is 4.00. The first kappa shape index (κ1) is 32.9. The van der Waals surface area contributed by atoms with Crippen molar-refractivity contribution in [2.45, 2.75) is 30.9 Å². The second kappa shape index (κ2) is 17.4. The van der Waals surface area contributed by atoms with Crippen LogP contribution in [0.1, 0.15) is 25.6 Å². The maximum absolute atomic E-state index is 12.8. The summed E-state index contributed by atoms with van der Waals surface area (Å²) in [4.78, 5) is 21.3. The molecule has 41 heavy (non-hydrogen) atoms. The van der Waals surface area contributed by atoms with E-state index in [1.165, 1.54) is 17.5 Å². The molecule has 4 rings (SSSR count). The van der Waals surface area contributed by atoms with Gasteiger partial charge in [-0.15, -0.1) is 22.7 Å². The lowest BCUT2D eigenvalue weighted by Crippen LogP contribution is -2.00. The van der Waals surface area contributed by atoms with E-state index in [4.69, 9.17) is 10.7 Å². The molecule has 0 spiro atoms. The van der Waals surface area contributed by atoms with Crippen molar-refractivity contribution >= 4 is 62.0 Å². The van der Waals surface area contributed by atoms with E-state index in [0.29, 0.717) is 15.6 Å². The normalized spacial score (nSPS) is 10.0. The molecule has 0 aliphatic rings. The zero-order valence-corrected chi connectivity index (χ0v) is 26.0. The van der Waals surface area contributed by atoms with Crippen LogP contribution in [0.2, 0.25) is 0 Å². The third-order valence-corrected chi connectivity index (χ3v) is 9.07. The van der Waals surface area contributed by atoms with Crippen LogP contribution in [0.5, 0.6) is 0 Å². The minimum absolute atomic E-state index is 0.571. The molecule has 210 valence electrons. The van der Waals surface area contributed by atoms with Crippen molar-refractivity contribution in [1.29, 1.82) is 0 Å². The summed E-state index contributed by atoms with van der Waals surface area (Å²) in [5, 5.41) is 3.64. The fourth-order valence-electron chi connectivity index (χ4n) is 3.27. The minimum atomic E-state index is -1.12. The lowest BCUT2D eigenvalue weighted by molar-refractivity contribution is 0.681. The standard InChI is InChI=1S/C19H21N5OS3.C7H4.C4H6N2/c1-4-5-8-28(25)19-16(20)15-12(14-10-22-11(2)24(14)3)9-13(23-18(15)27-19)17-21-6-7-26-17;1-3-5-7-6-4-2;1-5-3-4-6-2/h6-7,9-10H,4-5,8,20H2,1-3H3;1-2H2;3H,1H2,2H3. The molecule has 0 radical (unpaired) electrons. The highest BCUT2D eigenvalue weighted by molar-refractivity contribution is 7.87. The Morgan fingerprint density at radius 2 is 1.95 bits per heavy atom. The number of unbranched alkanes of at least 4 members (excludes halogenated alkanes) is 1. The van der Waals surface area contributed by atoms with E-state index in [1.54, 1.807) is 24.6 Å². The number of thiophene rings is 1. The van der Waals surface area contributed by atoms with Crippen LogP contribution in [0, 0.1) is 6.92 Å². The number of aryl methyl sites for hydroxylation is 1. The number of hydrogen-bond acceptors (Lipinski definition) is 9. The van der Waals surface area contributed by atoms with Crippen molar-refractivity contribution in [3.63, 3.8) is 0 Å². The zero-order chi connectivity index (χ0) is 30.2. The SMILES string of the molecule is C=C=C=C=C=C=C.C=NC=C=NC.CCCCS(=O)c1sc2nc(-c3nccs3)cc(-c3cnc(C)n3C)c2c1N. The number of hydrogen-bond donors (Lipinski definition) is 1. The Kier molecular flexibility index (Phi) is 13.9. The van der Waals surface area contributed by atoms with Crippen molar-refractivity contribution in [1.82, 2.24) is 19.5 Å². The number of nitrogens with zero attached hydrogens (tertiary/aromatic N) is 6. The Hall–Kier alpha value is -4.34. The van der Waals surface area contributed by atoms with Crippen molar-refractivity contribution in [2.24, 2.45) is 17.0 Å².